The third-order valence-corrected chi connectivity index (χ3v) is 6.73. The van der Waals surface area contributed by atoms with Crippen LogP contribution in [-0.2, 0) is 14.8 Å². The Balaban J connectivity index is 1.67. The summed E-state index contributed by atoms with van der Waals surface area (Å²) in [6.45, 7) is 1.76. The summed E-state index contributed by atoms with van der Waals surface area (Å²) in [5.41, 5.74) is 0.779. The Hall–Kier alpha value is -3.43. The molecule has 0 aliphatic carbocycles. The molecule has 4 rings (SSSR count). The van der Waals surface area contributed by atoms with Crippen molar-refractivity contribution < 1.29 is 22.3 Å². The number of hydrogen-bond acceptors (Lipinski definition) is 5. The van der Waals surface area contributed by atoms with Crippen LogP contribution in [-0.4, -0.2) is 37.6 Å². The van der Waals surface area contributed by atoms with E-state index in [9.17, 15) is 17.6 Å². The Morgan fingerprint density at radius 1 is 1.09 bits per heavy atom. The van der Waals surface area contributed by atoms with Gasteiger partial charge in [0.25, 0.3) is 10.0 Å². The number of hydrazone groups is 1. The second-order valence-corrected chi connectivity index (χ2v) is 9.31. The summed E-state index contributed by atoms with van der Waals surface area (Å²) < 4.78 is 46.9. The van der Waals surface area contributed by atoms with E-state index >= 15 is 0 Å². The van der Waals surface area contributed by atoms with Gasteiger partial charge in [-0.05, 0) is 61.5 Å². The highest BCUT2D eigenvalue weighted by atomic mass is 35.5. The Labute approximate surface area is 195 Å². The predicted octanol–water partition coefficient (Wildman–Crippen LogP) is 4.27. The highest BCUT2D eigenvalue weighted by Gasteiger charge is 2.35. The van der Waals surface area contributed by atoms with Gasteiger partial charge < -0.3 is 10.1 Å². The fraction of sp³-hybridized carbons (Fsp3) is 0.130. The molecule has 1 amide bonds. The molecule has 0 spiro atoms. The fourth-order valence-corrected chi connectivity index (χ4v) is 4.89. The van der Waals surface area contributed by atoms with Crippen molar-refractivity contribution in [2.75, 3.05) is 18.5 Å². The van der Waals surface area contributed by atoms with Gasteiger partial charge in [-0.25, -0.2) is 4.39 Å². The van der Waals surface area contributed by atoms with Crippen LogP contribution in [0, 0.1) is 5.82 Å². The summed E-state index contributed by atoms with van der Waals surface area (Å²) >= 11 is 6.07. The smallest absolute Gasteiger partial charge is 0.280 e. The number of anilines is 1. The maximum atomic E-state index is 14.6. The summed E-state index contributed by atoms with van der Waals surface area (Å²) in [4.78, 5) is 12.5. The van der Waals surface area contributed by atoms with Gasteiger partial charge in [-0.15, -0.1) is 0 Å². The minimum Gasteiger partial charge on any atom is -0.494 e. The van der Waals surface area contributed by atoms with E-state index in [4.69, 9.17) is 16.3 Å². The van der Waals surface area contributed by atoms with E-state index in [1.54, 1.807) is 30.3 Å². The first-order valence-electron chi connectivity index (χ1n) is 9.98. The Kier molecular flexibility index (Phi) is 6.35. The molecule has 1 N–H and O–H groups in total. The van der Waals surface area contributed by atoms with Crippen molar-refractivity contribution in [2.24, 2.45) is 5.10 Å². The Morgan fingerprint density at radius 2 is 1.82 bits per heavy atom. The number of carbonyl (C=O) groups excluding carboxylic acids is 1. The average molecular weight is 488 g/mol. The van der Waals surface area contributed by atoms with Gasteiger partial charge in [0, 0.05) is 21.8 Å². The summed E-state index contributed by atoms with van der Waals surface area (Å²) in [6.07, 6.45) is 0. The number of nitrogens with one attached hydrogen (secondary N) is 1. The number of fused-ring (bicyclic) bond motifs is 1. The molecule has 0 saturated heterocycles. The number of sulfonamides is 1. The maximum Gasteiger partial charge on any atom is 0.280 e. The molecular formula is C23H19ClFN3O4S. The van der Waals surface area contributed by atoms with Gasteiger partial charge in [0.15, 0.2) is 0 Å². The quantitative estimate of drug-likeness (QED) is 0.562. The lowest BCUT2D eigenvalue weighted by Crippen LogP contribution is -2.38. The number of nitrogens with zero attached hydrogens (tertiary/aromatic N) is 2. The minimum atomic E-state index is -4.17. The van der Waals surface area contributed by atoms with Crippen LogP contribution in [0.5, 0.6) is 5.75 Å². The van der Waals surface area contributed by atoms with E-state index in [0.717, 1.165) is 0 Å². The number of carbonyl (C=O) groups is 1. The normalized spacial score (nSPS) is 14.3. The van der Waals surface area contributed by atoms with Crippen LogP contribution >= 0.6 is 11.6 Å². The van der Waals surface area contributed by atoms with Crippen molar-refractivity contribution in [2.45, 2.75) is 11.8 Å². The molecular weight excluding hydrogens is 469 g/mol. The predicted molar refractivity (Wildman–Crippen MR) is 124 cm³/mol. The second kappa shape index (κ2) is 9.21. The number of benzene rings is 3. The van der Waals surface area contributed by atoms with Crippen molar-refractivity contribution in [1.82, 2.24) is 4.41 Å². The number of halogens is 2. The van der Waals surface area contributed by atoms with Crippen LogP contribution in [0.4, 0.5) is 10.1 Å². The van der Waals surface area contributed by atoms with E-state index < -0.39 is 28.3 Å². The molecule has 10 heteroatoms. The van der Waals surface area contributed by atoms with E-state index in [1.165, 1.54) is 36.4 Å². The molecule has 1 heterocycles. The van der Waals surface area contributed by atoms with Gasteiger partial charge in [0.1, 0.15) is 23.8 Å². The lowest BCUT2D eigenvalue weighted by Gasteiger charge is -2.27. The van der Waals surface area contributed by atoms with Gasteiger partial charge in [0.05, 0.1) is 11.5 Å². The molecule has 1 aliphatic rings. The first-order valence-corrected chi connectivity index (χ1v) is 11.8. The summed E-state index contributed by atoms with van der Waals surface area (Å²) in [6, 6.07) is 16.6. The van der Waals surface area contributed by atoms with E-state index in [2.05, 4.69) is 10.4 Å². The second-order valence-electron chi connectivity index (χ2n) is 7.06. The topological polar surface area (TPSA) is 88.1 Å². The molecule has 0 unspecified atom stereocenters. The van der Waals surface area contributed by atoms with Crippen LogP contribution in [0.1, 0.15) is 18.1 Å². The van der Waals surface area contributed by atoms with Crippen LogP contribution in [0.25, 0.3) is 0 Å². The molecule has 1 aliphatic heterocycles. The summed E-state index contributed by atoms with van der Waals surface area (Å²) in [5, 5.41) is 7.05. The first-order chi connectivity index (χ1) is 15.8. The molecule has 0 bridgehead atoms. The number of ether oxygens (including phenoxy) is 1. The molecule has 0 saturated carbocycles. The third-order valence-electron chi connectivity index (χ3n) is 4.82. The van der Waals surface area contributed by atoms with Crippen LogP contribution < -0.4 is 10.1 Å². The van der Waals surface area contributed by atoms with E-state index in [1.807, 2.05) is 6.92 Å². The fourth-order valence-electron chi connectivity index (χ4n) is 3.34. The van der Waals surface area contributed by atoms with Gasteiger partial charge in [-0.3, -0.25) is 4.79 Å². The van der Waals surface area contributed by atoms with Gasteiger partial charge in [0.2, 0.25) is 5.91 Å². The maximum absolute atomic E-state index is 14.6. The number of rotatable bonds is 6. The largest absolute Gasteiger partial charge is 0.494 e. The highest BCUT2D eigenvalue weighted by molar-refractivity contribution is 7.89. The van der Waals surface area contributed by atoms with Gasteiger partial charge in [-0.1, -0.05) is 23.7 Å². The third kappa shape index (κ3) is 4.69. The number of hydrogen-bond donors (Lipinski definition) is 1. The zero-order chi connectivity index (χ0) is 23.6. The molecule has 0 atom stereocenters. The summed E-state index contributed by atoms with van der Waals surface area (Å²) in [7, 11) is -4.17. The highest BCUT2D eigenvalue weighted by Crippen LogP contribution is 2.31. The van der Waals surface area contributed by atoms with Gasteiger partial charge >= 0.3 is 0 Å². The van der Waals surface area contributed by atoms with Crippen LogP contribution in [0.3, 0.4) is 0 Å². The van der Waals surface area contributed by atoms with Crippen LogP contribution in [0.15, 0.2) is 76.7 Å². The average Bonchev–Trinajstić information content (AvgIpc) is 2.78. The van der Waals surface area contributed by atoms with Crippen molar-refractivity contribution in [1.29, 1.82) is 0 Å². The van der Waals surface area contributed by atoms with Crippen molar-refractivity contribution >= 4 is 38.9 Å². The van der Waals surface area contributed by atoms with Crippen molar-refractivity contribution in [3.8, 4) is 5.75 Å². The zero-order valence-corrected chi connectivity index (χ0v) is 19.0. The molecule has 0 aromatic heterocycles. The van der Waals surface area contributed by atoms with Crippen LogP contribution in [0.2, 0.25) is 5.02 Å². The Bertz CT molecular complexity index is 1340. The molecule has 3 aromatic rings. The van der Waals surface area contributed by atoms with Crippen molar-refractivity contribution in [3.63, 3.8) is 0 Å². The molecule has 0 radical (unpaired) electrons. The summed E-state index contributed by atoms with van der Waals surface area (Å²) in [5.74, 6) is -0.555. The molecule has 170 valence electrons. The number of amides is 1. The molecule has 33 heavy (non-hydrogen) atoms. The molecule has 0 fully saturated rings. The first kappa shape index (κ1) is 22.8. The lowest BCUT2D eigenvalue weighted by molar-refractivity contribution is -0.116. The standard InChI is InChI=1S/C23H19ClFN3O4S/c1-2-32-17-10-8-16(9-11-17)26-22(29)14-28-27-23(18-5-3-4-6-20(18)25)19-13-15(24)7-12-21(19)33(28,30)31/h3-13H,2,14H2,1H3,(H,26,29). The minimum absolute atomic E-state index is 0.0642. The molecule has 7 nitrogen and oxygen atoms in total. The van der Waals surface area contributed by atoms with E-state index in [-0.39, 0.29) is 26.8 Å². The lowest BCUT2D eigenvalue weighted by atomic mass is 10.0. The Morgan fingerprint density at radius 3 is 2.52 bits per heavy atom. The zero-order valence-electron chi connectivity index (χ0n) is 17.5. The van der Waals surface area contributed by atoms with Crippen molar-refractivity contribution in [3.05, 3.63) is 88.7 Å². The van der Waals surface area contributed by atoms with E-state index in [0.29, 0.717) is 22.5 Å². The molecule has 3 aromatic carbocycles. The monoisotopic (exact) mass is 487 g/mol. The SMILES string of the molecule is CCOc1ccc(NC(=O)CN2N=C(c3ccccc3F)c3cc(Cl)ccc3S2(=O)=O)cc1. The van der Waals surface area contributed by atoms with Gasteiger partial charge in [-0.2, -0.15) is 17.9 Å².